The van der Waals surface area contributed by atoms with Crippen LogP contribution in [-0.2, 0) is 11.4 Å². The zero-order valence-corrected chi connectivity index (χ0v) is 28.3. The Morgan fingerprint density at radius 3 is 2.43 bits per heavy atom. The van der Waals surface area contributed by atoms with E-state index in [1.54, 1.807) is 25.7 Å². The van der Waals surface area contributed by atoms with Crippen molar-refractivity contribution in [2.24, 2.45) is 4.99 Å². The second-order valence-electron chi connectivity index (χ2n) is 10.5. The molecule has 6 rings (SSSR count). The van der Waals surface area contributed by atoms with Gasteiger partial charge in [0.15, 0.2) is 16.3 Å². The molecule has 232 valence electrons. The average molecular weight is 744 g/mol. The molecule has 0 saturated heterocycles. The number of ether oxygens (including phenoxy) is 3. The van der Waals surface area contributed by atoms with Crippen LogP contribution in [0.5, 0.6) is 17.2 Å². The molecular formula is C36H30IN3O5S. The number of hydrogen-bond donors (Lipinski definition) is 1. The van der Waals surface area contributed by atoms with Gasteiger partial charge in [0.2, 0.25) is 0 Å². The molecule has 5 aromatic rings. The number of nitrogens with zero attached hydrogens (tertiary/aromatic N) is 2. The molecule has 0 radical (unpaired) electrons. The highest BCUT2D eigenvalue weighted by Crippen LogP contribution is 2.35. The van der Waals surface area contributed by atoms with E-state index in [1.165, 1.54) is 11.3 Å². The van der Waals surface area contributed by atoms with Crippen LogP contribution >= 0.6 is 33.9 Å². The number of para-hydroxylation sites is 1. The number of carbonyl (C=O) groups is 1. The number of rotatable bonds is 9. The zero-order valence-electron chi connectivity index (χ0n) is 25.3. The van der Waals surface area contributed by atoms with E-state index in [0.29, 0.717) is 50.1 Å². The van der Waals surface area contributed by atoms with Crippen molar-refractivity contribution in [2.75, 3.05) is 19.5 Å². The molecule has 10 heteroatoms. The summed E-state index contributed by atoms with van der Waals surface area (Å²) in [6, 6.07) is 29.6. The van der Waals surface area contributed by atoms with Gasteiger partial charge in [-0.25, -0.2) is 4.99 Å². The van der Waals surface area contributed by atoms with Gasteiger partial charge in [-0.05, 0) is 88.7 Å². The first kappa shape index (κ1) is 31.3. The summed E-state index contributed by atoms with van der Waals surface area (Å²) in [5.74, 6) is 1.48. The maximum absolute atomic E-state index is 14.2. The van der Waals surface area contributed by atoms with Crippen LogP contribution in [0.15, 0.2) is 118 Å². The summed E-state index contributed by atoms with van der Waals surface area (Å²) in [6.45, 7) is 2.19. The molecule has 0 unspecified atom stereocenters. The number of fused-ring (bicyclic) bond motifs is 1. The lowest BCUT2D eigenvalue weighted by Gasteiger charge is -2.25. The smallest absolute Gasteiger partial charge is 0.271 e. The lowest BCUT2D eigenvalue weighted by molar-refractivity contribution is -0.113. The van der Waals surface area contributed by atoms with Gasteiger partial charge in [-0.1, -0.05) is 72.0 Å². The second kappa shape index (κ2) is 13.8. The number of amides is 1. The monoisotopic (exact) mass is 743 g/mol. The van der Waals surface area contributed by atoms with Gasteiger partial charge in [0, 0.05) is 5.69 Å². The second-order valence-corrected chi connectivity index (χ2v) is 12.7. The third-order valence-electron chi connectivity index (χ3n) is 7.48. The summed E-state index contributed by atoms with van der Waals surface area (Å²) in [7, 11) is 3.18. The van der Waals surface area contributed by atoms with Crippen LogP contribution in [0.2, 0.25) is 0 Å². The van der Waals surface area contributed by atoms with Gasteiger partial charge in [0.05, 0.1) is 39.6 Å². The topological polar surface area (TPSA) is 91.2 Å². The normalized spacial score (nSPS) is 14.3. The Morgan fingerprint density at radius 1 is 0.978 bits per heavy atom. The van der Waals surface area contributed by atoms with E-state index in [0.717, 1.165) is 20.3 Å². The molecule has 0 spiro atoms. The molecule has 0 saturated carbocycles. The number of hydrogen-bond acceptors (Lipinski definition) is 7. The van der Waals surface area contributed by atoms with Crippen LogP contribution in [0.3, 0.4) is 0 Å². The molecule has 8 nitrogen and oxygen atoms in total. The van der Waals surface area contributed by atoms with E-state index >= 15 is 0 Å². The summed E-state index contributed by atoms with van der Waals surface area (Å²) < 4.78 is 20.2. The predicted octanol–water partition coefficient (Wildman–Crippen LogP) is 6.07. The van der Waals surface area contributed by atoms with E-state index < -0.39 is 6.04 Å². The van der Waals surface area contributed by atoms with Crippen LogP contribution in [0.4, 0.5) is 5.69 Å². The Balaban J connectivity index is 1.42. The van der Waals surface area contributed by atoms with E-state index in [9.17, 15) is 9.59 Å². The Bertz CT molecular complexity index is 2120. The highest BCUT2D eigenvalue weighted by molar-refractivity contribution is 14.1. The Hall–Kier alpha value is -4.68. The number of allylic oxidation sites excluding steroid dienone is 1. The standard InChI is InChI=1S/C36H30IN3O5S/c1-22-31(34(41)39-26-14-8-5-9-15-26)32(25-13-10-16-27(20-25)43-2)40-35(42)30(46-36(40)38-22)19-24-17-28(37)33(29(18-24)44-3)45-21-23-11-6-4-7-12-23/h4-20,32H,21H2,1-3H3,(H,39,41)/b30-19-/t32-/m0/s1. The van der Waals surface area contributed by atoms with Crippen molar-refractivity contribution < 1.29 is 19.0 Å². The van der Waals surface area contributed by atoms with Crippen LogP contribution in [0.1, 0.15) is 29.7 Å². The lowest BCUT2D eigenvalue weighted by Crippen LogP contribution is -2.40. The Kier molecular flexibility index (Phi) is 9.36. The van der Waals surface area contributed by atoms with Crippen molar-refractivity contribution in [1.82, 2.24) is 4.57 Å². The van der Waals surface area contributed by atoms with E-state index in [4.69, 9.17) is 19.2 Å². The van der Waals surface area contributed by atoms with Crippen molar-refractivity contribution in [1.29, 1.82) is 0 Å². The van der Waals surface area contributed by atoms with Crippen LogP contribution in [0, 0.1) is 3.57 Å². The predicted molar refractivity (Wildman–Crippen MR) is 188 cm³/mol. The fourth-order valence-corrected chi connectivity index (χ4v) is 7.13. The van der Waals surface area contributed by atoms with E-state index in [2.05, 4.69) is 27.9 Å². The molecule has 0 fully saturated rings. The first-order valence-electron chi connectivity index (χ1n) is 14.4. The average Bonchev–Trinajstić information content (AvgIpc) is 3.37. The first-order valence-corrected chi connectivity index (χ1v) is 16.3. The summed E-state index contributed by atoms with van der Waals surface area (Å²) in [5.41, 5.74) is 3.85. The summed E-state index contributed by atoms with van der Waals surface area (Å²) in [4.78, 5) is 33.3. The van der Waals surface area contributed by atoms with Gasteiger partial charge in [-0.3, -0.25) is 14.2 Å². The van der Waals surface area contributed by atoms with Crippen LogP contribution in [0.25, 0.3) is 6.08 Å². The van der Waals surface area contributed by atoms with Crippen LogP contribution < -0.4 is 34.4 Å². The molecule has 2 heterocycles. The fourth-order valence-electron chi connectivity index (χ4n) is 5.30. The molecule has 0 aliphatic carbocycles. The quantitative estimate of drug-likeness (QED) is 0.185. The third-order valence-corrected chi connectivity index (χ3v) is 9.27. The largest absolute Gasteiger partial charge is 0.497 e. The van der Waals surface area contributed by atoms with Crippen molar-refractivity contribution in [2.45, 2.75) is 19.6 Å². The molecule has 1 amide bonds. The molecule has 46 heavy (non-hydrogen) atoms. The number of halogens is 1. The maximum atomic E-state index is 14.2. The number of nitrogens with one attached hydrogen (secondary N) is 1. The van der Waals surface area contributed by atoms with Crippen molar-refractivity contribution in [3.05, 3.63) is 148 Å². The van der Waals surface area contributed by atoms with E-state index in [-0.39, 0.29) is 11.5 Å². The highest BCUT2D eigenvalue weighted by Gasteiger charge is 2.33. The van der Waals surface area contributed by atoms with Crippen molar-refractivity contribution >= 4 is 51.6 Å². The highest BCUT2D eigenvalue weighted by atomic mass is 127. The number of benzene rings is 4. The van der Waals surface area contributed by atoms with Gasteiger partial charge in [-0.15, -0.1) is 0 Å². The SMILES string of the molecule is COc1cccc([C@H]2C(C(=O)Nc3ccccc3)=C(C)N=c3s/c(=C\c4cc(I)c(OCc5ccccc5)c(OC)c4)c(=O)n32)c1. The maximum Gasteiger partial charge on any atom is 0.271 e. The molecule has 1 aliphatic heterocycles. The van der Waals surface area contributed by atoms with Gasteiger partial charge in [0.25, 0.3) is 11.5 Å². The van der Waals surface area contributed by atoms with Crippen molar-refractivity contribution in [3.8, 4) is 17.2 Å². The number of aromatic nitrogens is 1. The zero-order chi connectivity index (χ0) is 32.2. The molecule has 1 aromatic heterocycles. The minimum atomic E-state index is -0.722. The minimum Gasteiger partial charge on any atom is -0.497 e. The minimum absolute atomic E-state index is 0.257. The molecule has 1 atom stereocenters. The summed E-state index contributed by atoms with van der Waals surface area (Å²) in [6.07, 6.45) is 1.82. The lowest BCUT2D eigenvalue weighted by atomic mass is 9.95. The van der Waals surface area contributed by atoms with E-state index in [1.807, 2.05) is 103 Å². The summed E-state index contributed by atoms with van der Waals surface area (Å²) >= 11 is 3.49. The van der Waals surface area contributed by atoms with Gasteiger partial charge < -0.3 is 19.5 Å². The summed E-state index contributed by atoms with van der Waals surface area (Å²) in [5, 5.41) is 2.98. The molecule has 1 aliphatic rings. The number of anilines is 1. The van der Waals surface area contributed by atoms with Gasteiger partial charge >= 0.3 is 0 Å². The Morgan fingerprint density at radius 2 is 1.72 bits per heavy atom. The number of thiazole rings is 1. The van der Waals surface area contributed by atoms with Gasteiger partial charge in [-0.2, -0.15) is 0 Å². The number of methoxy groups -OCH3 is 2. The number of carbonyl (C=O) groups excluding carboxylic acids is 1. The molecule has 0 bridgehead atoms. The fraction of sp³-hybridized carbons (Fsp3) is 0.139. The first-order chi connectivity index (χ1) is 22.4. The Labute approximate surface area is 283 Å². The molecule has 4 aromatic carbocycles. The van der Waals surface area contributed by atoms with Crippen molar-refractivity contribution in [3.63, 3.8) is 0 Å². The van der Waals surface area contributed by atoms with Crippen LogP contribution in [-0.4, -0.2) is 24.7 Å². The molecular weight excluding hydrogens is 713 g/mol. The van der Waals surface area contributed by atoms with Gasteiger partial charge in [0.1, 0.15) is 12.4 Å². The molecule has 1 N–H and O–H groups in total. The third kappa shape index (κ3) is 6.49.